The SMILES string of the molecule is CCC(C)(C)C(=O)Cc1cc(C)ccc1OC. The number of rotatable bonds is 5. The van der Waals surface area contributed by atoms with Gasteiger partial charge in [0, 0.05) is 17.4 Å². The van der Waals surface area contributed by atoms with Crippen LogP contribution in [-0.2, 0) is 11.2 Å². The van der Waals surface area contributed by atoms with Crippen molar-refractivity contribution in [2.24, 2.45) is 5.41 Å². The van der Waals surface area contributed by atoms with E-state index in [-0.39, 0.29) is 11.2 Å². The Labute approximate surface area is 104 Å². The molecule has 0 aliphatic carbocycles. The number of aryl methyl sites for hydroxylation is 1. The van der Waals surface area contributed by atoms with Gasteiger partial charge in [-0.1, -0.05) is 38.5 Å². The van der Waals surface area contributed by atoms with Gasteiger partial charge in [0.2, 0.25) is 0 Å². The van der Waals surface area contributed by atoms with Crippen LogP contribution < -0.4 is 4.74 Å². The summed E-state index contributed by atoms with van der Waals surface area (Å²) in [5.74, 6) is 1.07. The topological polar surface area (TPSA) is 26.3 Å². The molecule has 0 aliphatic heterocycles. The number of hydrogen-bond acceptors (Lipinski definition) is 2. The van der Waals surface area contributed by atoms with Crippen molar-refractivity contribution in [2.75, 3.05) is 7.11 Å². The Bertz CT molecular complexity index is 405. The van der Waals surface area contributed by atoms with Gasteiger partial charge in [-0.05, 0) is 19.4 Å². The molecule has 2 nitrogen and oxygen atoms in total. The third-order valence-electron chi connectivity index (χ3n) is 3.43. The molecule has 0 saturated heterocycles. The van der Waals surface area contributed by atoms with Crippen LogP contribution in [0, 0.1) is 12.3 Å². The van der Waals surface area contributed by atoms with Gasteiger partial charge in [-0.25, -0.2) is 0 Å². The van der Waals surface area contributed by atoms with E-state index in [9.17, 15) is 4.79 Å². The van der Waals surface area contributed by atoms with Gasteiger partial charge in [0.1, 0.15) is 11.5 Å². The molecule has 0 fully saturated rings. The quantitative estimate of drug-likeness (QED) is 0.778. The first-order valence-electron chi connectivity index (χ1n) is 6.07. The Balaban J connectivity index is 2.95. The van der Waals surface area contributed by atoms with Gasteiger partial charge in [0.25, 0.3) is 0 Å². The van der Waals surface area contributed by atoms with Crippen molar-refractivity contribution in [1.29, 1.82) is 0 Å². The van der Waals surface area contributed by atoms with E-state index in [0.717, 1.165) is 23.3 Å². The Morgan fingerprint density at radius 1 is 1.35 bits per heavy atom. The van der Waals surface area contributed by atoms with Gasteiger partial charge < -0.3 is 4.74 Å². The van der Waals surface area contributed by atoms with Gasteiger partial charge >= 0.3 is 0 Å². The minimum Gasteiger partial charge on any atom is -0.496 e. The van der Waals surface area contributed by atoms with Crippen LogP contribution in [0.1, 0.15) is 38.3 Å². The fourth-order valence-electron chi connectivity index (χ4n) is 1.65. The van der Waals surface area contributed by atoms with Crippen LogP contribution in [-0.4, -0.2) is 12.9 Å². The van der Waals surface area contributed by atoms with Crippen LogP contribution >= 0.6 is 0 Å². The zero-order chi connectivity index (χ0) is 13.1. The van der Waals surface area contributed by atoms with E-state index >= 15 is 0 Å². The Morgan fingerprint density at radius 2 is 2.00 bits per heavy atom. The lowest BCUT2D eigenvalue weighted by Gasteiger charge is -2.21. The standard InChI is InChI=1S/C15H22O2/c1-6-15(3,4)14(16)10-12-9-11(2)7-8-13(12)17-5/h7-9H,6,10H2,1-5H3. The molecule has 0 saturated carbocycles. The number of methoxy groups -OCH3 is 1. The molecule has 0 atom stereocenters. The predicted molar refractivity (Wildman–Crippen MR) is 70.5 cm³/mol. The molecule has 0 spiro atoms. The zero-order valence-electron chi connectivity index (χ0n) is 11.5. The number of Topliss-reactive ketones (excluding diaryl/α,β-unsaturated/α-hetero) is 1. The molecular formula is C15H22O2. The van der Waals surface area contributed by atoms with Crippen LogP contribution in [0.3, 0.4) is 0 Å². The Kier molecular flexibility index (Phi) is 4.33. The van der Waals surface area contributed by atoms with Gasteiger partial charge in [-0.2, -0.15) is 0 Å². The van der Waals surface area contributed by atoms with Crippen molar-refractivity contribution in [3.05, 3.63) is 29.3 Å². The molecule has 0 N–H and O–H groups in total. The molecule has 0 aromatic heterocycles. The average molecular weight is 234 g/mol. The zero-order valence-corrected chi connectivity index (χ0v) is 11.5. The normalized spacial score (nSPS) is 11.4. The molecule has 2 heteroatoms. The second-order valence-electron chi connectivity index (χ2n) is 5.15. The highest BCUT2D eigenvalue weighted by Gasteiger charge is 2.25. The maximum atomic E-state index is 12.2. The number of carbonyl (C=O) groups excluding carboxylic acids is 1. The maximum absolute atomic E-state index is 12.2. The maximum Gasteiger partial charge on any atom is 0.142 e. The van der Waals surface area contributed by atoms with E-state index in [1.54, 1.807) is 7.11 Å². The average Bonchev–Trinajstić information content (AvgIpc) is 2.29. The van der Waals surface area contributed by atoms with Crippen molar-refractivity contribution >= 4 is 5.78 Å². The first kappa shape index (κ1) is 13.8. The summed E-state index contributed by atoms with van der Waals surface area (Å²) in [7, 11) is 1.64. The fourth-order valence-corrected chi connectivity index (χ4v) is 1.65. The monoisotopic (exact) mass is 234 g/mol. The van der Waals surface area contributed by atoms with Crippen molar-refractivity contribution in [1.82, 2.24) is 0 Å². The van der Waals surface area contributed by atoms with E-state index in [1.165, 1.54) is 0 Å². The summed E-state index contributed by atoms with van der Waals surface area (Å²) in [6.07, 6.45) is 1.31. The smallest absolute Gasteiger partial charge is 0.142 e. The molecule has 17 heavy (non-hydrogen) atoms. The second-order valence-corrected chi connectivity index (χ2v) is 5.15. The highest BCUT2D eigenvalue weighted by molar-refractivity contribution is 5.86. The minimum atomic E-state index is -0.255. The van der Waals surface area contributed by atoms with Crippen LogP contribution in [0.4, 0.5) is 0 Å². The third-order valence-corrected chi connectivity index (χ3v) is 3.43. The van der Waals surface area contributed by atoms with Crippen LogP contribution in [0.5, 0.6) is 5.75 Å². The lowest BCUT2D eigenvalue weighted by atomic mass is 9.82. The highest BCUT2D eigenvalue weighted by Crippen LogP contribution is 2.27. The van der Waals surface area contributed by atoms with E-state index in [1.807, 2.05) is 45.9 Å². The molecule has 1 rings (SSSR count). The summed E-state index contributed by atoms with van der Waals surface area (Å²) in [5, 5.41) is 0. The molecule has 0 unspecified atom stereocenters. The lowest BCUT2D eigenvalue weighted by molar-refractivity contribution is -0.126. The van der Waals surface area contributed by atoms with Crippen LogP contribution in [0.2, 0.25) is 0 Å². The van der Waals surface area contributed by atoms with E-state index in [4.69, 9.17) is 4.74 Å². The fraction of sp³-hybridized carbons (Fsp3) is 0.533. The Morgan fingerprint density at radius 3 is 2.53 bits per heavy atom. The predicted octanol–water partition coefficient (Wildman–Crippen LogP) is 3.55. The van der Waals surface area contributed by atoms with Crippen molar-refractivity contribution in [2.45, 2.75) is 40.5 Å². The molecule has 0 radical (unpaired) electrons. The molecule has 94 valence electrons. The van der Waals surface area contributed by atoms with Gasteiger partial charge in [-0.3, -0.25) is 4.79 Å². The number of hydrogen-bond donors (Lipinski definition) is 0. The molecule has 1 aromatic carbocycles. The summed E-state index contributed by atoms with van der Waals surface area (Å²) in [6, 6.07) is 5.96. The van der Waals surface area contributed by atoms with E-state index in [0.29, 0.717) is 6.42 Å². The second kappa shape index (κ2) is 5.35. The summed E-state index contributed by atoms with van der Waals surface area (Å²) in [6.45, 7) is 8.07. The largest absolute Gasteiger partial charge is 0.496 e. The van der Waals surface area contributed by atoms with Crippen LogP contribution in [0.15, 0.2) is 18.2 Å². The van der Waals surface area contributed by atoms with E-state index in [2.05, 4.69) is 0 Å². The lowest BCUT2D eigenvalue weighted by Crippen LogP contribution is -2.25. The van der Waals surface area contributed by atoms with E-state index < -0.39 is 0 Å². The molecule has 0 bridgehead atoms. The molecule has 0 heterocycles. The summed E-state index contributed by atoms with van der Waals surface area (Å²) < 4.78 is 5.30. The number of carbonyl (C=O) groups is 1. The highest BCUT2D eigenvalue weighted by atomic mass is 16.5. The van der Waals surface area contributed by atoms with Gasteiger partial charge in [0.05, 0.1) is 7.11 Å². The third kappa shape index (κ3) is 3.32. The molecule has 0 aliphatic rings. The Hall–Kier alpha value is -1.31. The first-order valence-corrected chi connectivity index (χ1v) is 6.07. The number of ketones is 1. The summed E-state index contributed by atoms with van der Waals surface area (Å²) in [4.78, 5) is 12.2. The van der Waals surface area contributed by atoms with Crippen molar-refractivity contribution in [3.63, 3.8) is 0 Å². The van der Waals surface area contributed by atoms with Gasteiger partial charge in [0.15, 0.2) is 0 Å². The summed E-state index contributed by atoms with van der Waals surface area (Å²) >= 11 is 0. The number of benzene rings is 1. The van der Waals surface area contributed by atoms with Crippen molar-refractivity contribution in [3.8, 4) is 5.75 Å². The molecular weight excluding hydrogens is 212 g/mol. The first-order chi connectivity index (χ1) is 7.90. The minimum absolute atomic E-state index is 0.255. The summed E-state index contributed by atoms with van der Waals surface area (Å²) in [5.41, 5.74) is 1.89. The van der Waals surface area contributed by atoms with Crippen LogP contribution in [0.25, 0.3) is 0 Å². The molecule has 1 aromatic rings. The molecule has 0 amide bonds. The number of ether oxygens (including phenoxy) is 1. The van der Waals surface area contributed by atoms with Gasteiger partial charge in [-0.15, -0.1) is 0 Å². The van der Waals surface area contributed by atoms with Crippen molar-refractivity contribution < 1.29 is 9.53 Å².